The fraction of sp³-hybridized carbons (Fsp3) is 0.370. The molecule has 1 aliphatic rings. The minimum atomic E-state index is -0.498. The van der Waals surface area contributed by atoms with Crippen LogP contribution >= 0.6 is 0 Å². The molecule has 9 heteroatoms. The number of unbranched alkanes of at least 4 members (excludes halogenated alkanes) is 1. The first-order chi connectivity index (χ1) is 17.5. The van der Waals surface area contributed by atoms with Crippen molar-refractivity contribution < 1.29 is 23.8 Å². The number of carbonyl (C=O) groups excluding carboxylic acids is 2. The van der Waals surface area contributed by atoms with E-state index in [4.69, 9.17) is 14.2 Å². The SMILES string of the molecule is CCCCOc1ccc(NC(=O)N2CCc3c(c(C(=O)OCC)nn3-c3ccc(OC)cc3)C2)cc1. The molecule has 190 valence electrons. The van der Waals surface area contributed by atoms with Crippen molar-refractivity contribution in [2.75, 3.05) is 32.2 Å². The van der Waals surface area contributed by atoms with E-state index in [2.05, 4.69) is 17.3 Å². The Morgan fingerprint density at radius 2 is 1.75 bits per heavy atom. The molecule has 0 unspecified atom stereocenters. The fourth-order valence-corrected chi connectivity index (χ4v) is 4.06. The summed E-state index contributed by atoms with van der Waals surface area (Å²) in [6, 6.07) is 14.5. The van der Waals surface area contributed by atoms with Crippen LogP contribution in [0.3, 0.4) is 0 Å². The minimum absolute atomic E-state index is 0.230. The molecule has 4 rings (SSSR count). The number of nitrogens with zero attached hydrogens (tertiary/aromatic N) is 3. The molecule has 0 radical (unpaired) electrons. The summed E-state index contributed by atoms with van der Waals surface area (Å²) in [4.78, 5) is 27.4. The zero-order chi connectivity index (χ0) is 25.5. The van der Waals surface area contributed by atoms with E-state index < -0.39 is 5.97 Å². The van der Waals surface area contributed by atoms with Gasteiger partial charge in [0.25, 0.3) is 0 Å². The molecule has 0 atom stereocenters. The van der Waals surface area contributed by atoms with Crippen molar-refractivity contribution in [2.24, 2.45) is 0 Å². The van der Waals surface area contributed by atoms with Crippen LogP contribution in [0.15, 0.2) is 48.5 Å². The molecule has 2 aromatic carbocycles. The number of ether oxygens (including phenoxy) is 3. The molecule has 0 spiro atoms. The molecule has 0 saturated carbocycles. The molecule has 0 bridgehead atoms. The van der Waals surface area contributed by atoms with Crippen LogP contribution in [-0.4, -0.2) is 53.5 Å². The van der Waals surface area contributed by atoms with Crippen LogP contribution in [0.1, 0.15) is 48.4 Å². The van der Waals surface area contributed by atoms with E-state index in [0.717, 1.165) is 35.7 Å². The maximum absolute atomic E-state index is 13.1. The lowest BCUT2D eigenvalue weighted by molar-refractivity contribution is 0.0516. The number of methoxy groups -OCH3 is 1. The summed E-state index contributed by atoms with van der Waals surface area (Å²) in [5.74, 6) is 1.00. The van der Waals surface area contributed by atoms with Gasteiger partial charge in [0.1, 0.15) is 11.5 Å². The van der Waals surface area contributed by atoms with Crippen molar-refractivity contribution in [2.45, 2.75) is 39.7 Å². The van der Waals surface area contributed by atoms with E-state index in [1.807, 2.05) is 48.5 Å². The Morgan fingerprint density at radius 3 is 2.42 bits per heavy atom. The zero-order valence-corrected chi connectivity index (χ0v) is 21.0. The van der Waals surface area contributed by atoms with E-state index in [-0.39, 0.29) is 24.9 Å². The average Bonchev–Trinajstić information content (AvgIpc) is 3.29. The highest BCUT2D eigenvalue weighted by molar-refractivity contribution is 5.91. The number of aromatic nitrogens is 2. The minimum Gasteiger partial charge on any atom is -0.497 e. The summed E-state index contributed by atoms with van der Waals surface area (Å²) >= 11 is 0. The number of esters is 1. The molecular formula is C27H32N4O5. The Morgan fingerprint density at radius 1 is 1.03 bits per heavy atom. The van der Waals surface area contributed by atoms with Gasteiger partial charge in [0.15, 0.2) is 5.69 Å². The highest BCUT2D eigenvalue weighted by atomic mass is 16.5. The third kappa shape index (κ3) is 5.62. The van der Waals surface area contributed by atoms with Crippen LogP contribution in [0, 0.1) is 0 Å². The first kappa shape index (κ1) is 25.1. The van der Waals surface area contributed by atoms with Crippen molar-refractivity contribution in [3.63, 3.8) is 0 Å². The first-order valence-electron chi connectivity index (χ1n) is 12.2. The highest BCUT2D eigenvalue weighted by Gasteiger charge is 2.31. The van der Waals surface area contributed by atoms with E-state index >= 15 is 0 Å². The summed E-state index contributed by atoms with van der Waals surface area (Å²) in [7, 11) is 1.61. The van der Waals surface area contributed by atoms with E-state index in [1.165, 1.54) is 0 Å². The van der Waals surface area contributed by atoms with Crippen molar-refractivity contribution in [3.05, 3.63) is 65.5 Å². The molecule has 1 aliphatic heterocycles. The standard InChI is InChI=1S/C27H32N4O5/c1-4-6-17-36-22-11-7-19(8-12-22)28-27(33)30-16-15-24-23(18-30)25(26(32)35-5-2)29-31(24)20-9-13-21(34-3)14-10-20/h7-14H,4-6,15-18H2,1-3H3,(H,28,33). The van der Waals surface area contributed by atoms with Gasteiger partial charge in [0.2, 0.25) is 0 Å². The Labute approximate surface area is 210 Å². The number of amides is 2. The molecule has 2 heterocycles. The third-order valence-electron chi connectivity index (χ3n) is 6.00. The lowest BCUT2D eigenvalue weighted by atomic mass is 10.0. The summed E-state index contributed by atoms with van der Waals surface area (Å²) in [6.45, 7) is 5.53. The molecule has 2 amide bonds. The predicted octanol–water partition coefficient (Wildman–Crippen LogP) is 4.83. The van der Waals surface area contributed by atoms with E-state index in [0.29, 0.717) is 30.8 Å². The average molecular weight is 493 g/mol. The van der Waals surface area contributed by atoms with Crippen molar-refractivity contribution in [1.29, 1.82) is 0 Å². The van der Waals surface area contributed by atoms with Gasteiger partial charge in [-0.2, -0.15) is 5.10 Å². The van der Waals surface area contributed by atoms with Gasteiger partial charge < -0.3 is 24.4 Å². The van der Waals surface area contributed by atoms with Crippen LogP contribution in [0.25, 0.3) is 5.69 Å². The summed E-state index contributed by atoms with van der Waals surface area (Å²) in [5.41, 5.74) is 3.30. The second-order valence-electron chi connectivity index (χ2n) is 8.43. The van der Waals surface area contributed by atoms with Crippen LogP contribution in [-0.2, 0) is 17.7 Å². The maximum Gasteiger partial charge on any atom is 0.359 e. The number of nitrogens with one attached hydrogen (secondary N) is 1. The topological polar surface area (TPSA) is 94.9 Å². The smallest absolute Gasteiger partial charge is 0.359 e. The fourth-order valence-electron chi connectivity index (χ4n) is 4.06. The van der Waals surface area contributed by atoms with Crippen molar-refractivity contribution in [3.8, 4) is 17.2 Å². The van der Waals surface area contributed by atoms with Gasteiger partial charge in [-0.05, 0) is 61.9 Å². The second kappa shape index (κ2) is 11.6. The highest BCUT2D eigenvalue weighted by Crippen LogP contribution is 2.27. The van der Waals surface area contributed by atoms with Gasteiger partial charge in [-0.1, -0.05) is 13.3 Å². The third-order valence-corrected chi connectivity index (χ3v) is 6.00. The summed E-state index contributed by atoms with van der Waals surface area (Å²) < 4.78 is 17.9. The molecule has 3 aromatic rings. The Bertz CT molecular complexity index is 1190. The second-order valence-corrected chi connectivity index (χ2v) is 8.43. The lowest BCUT2D eigenvalue weighted by Gasteiger charge is -2.28. The number of benzene rings is 2. The number of anilines is 1. The first-order valence-corrected chi connectivity index (χ1v) is 12.2. The van der Waals surface area contributed by atoms with Crippen LogP contribution in [0.5, 0.6) is 11.5 Å². The van der Waals surface area contributed by atoms with Gasteiger partial charge in [-0.25, -0.2) is 14.3 Å². The van der Waals surface area contributed by atoms with Crippen LogP contribution in [0.2, 0.25) is 0 Å². The number of fused-ring (bicyclic) bond motifs is 1. The molecule has 0 aliphatic carbocycles. The molecular weight excluding hydrogens is 460 g/mol. The molecule has 9 nitrogen and oxygen atoms in total. The summed E-state index contributed by atoms with van der Waals surface area (Å²) in [6.07, 6.45) is 2.62. The lowest BCUT2D eigenvalue weighted by Crippen LogP contribution is -2.39. The Kier molecular flexibility index (Phi) is 8.10. The molecule has 36 heavy (non-hydrogen) atoms. The van der Waals surface area contributed by atoms with E-state index in [9.17, 15) is 9.59 Å². The van der Waals surface area contributed by atoms with Gasteiger partial charge >= 0.3 is 12.0 Å². The molecule has 1 N–H and O–H groups in total. The molecule has 0 fully saturated rings. The van der Waals surface area contributed by atoms with Crippen molar-refractivity contribution in [1.82, 2.24) is 14.7 Å². The van der Waals surface area contributed by atoms with Gasteiger partial charge in [0.05, 0.1) is 38.2 Å². The number of urea groups is 1. The largest absolute Gasteiger partial charge is 0.497 e. The van der Waals surface area contributed by atoms with Crippen LogP contribution in [0.4, 0.5) is 10.5 Å². The monoisotopic (exact) mass is 492 g/mol. The number of hydrogen-bond donors (Lipinski definition) is 1. The Hall–Kier alpha value is -4.01. The summed E-state index contributed by atoms with van der Waals surface area (Å²) in [5, 5.41) is 7.52. The number of hydrogen-bond acceptors (Lipinski definition) is 6. The van der Waals surface area contributed by atoms with Gasteiger partial charge in [-0.15, -0.1) is 0 Å². The molecule has 1 aromatic heterocycles. The van der Waals surface area contributed by atoms with Crippen molar-refractivity contribution >= 4 is 17.7 Å². The van der Waals surface area contributed by atoms with Crippen LogP contribution < -0.4 is 14.8 Å². The normalized spacial score (nSPS) is 12.6. The van der Waals surface area contributed by atoms with Gasteiger partial charge in [0, 0.05) is 24.2 Å². The Balaban J connectivity index is 1.51. The van der Waals surface area contributed by atoms with Gasteiger partial charge in [-0.3, -0.25) is 0 Å². The number of rotatable bonds is 9. The van der Waals surface area contributed by atoms with E-state index in [1.54, 1.807) is 23.6 Å². The number of carbonyl (C=O) groups is 2. The zero-order valence-electron chi connectivity index (χ0n) is 21.0. The quantitative estimate of drug-likeness (QED) is 0.340. The predicted molar refractivity (Wildman–Crippen MR) is 136 cm³/mol. The maximum atomic E-state index is 13.1. The molecule has 0 saturated heterocycles.